The van der Waals surface area contributed by atoms with Crippen LogP contribution in [0.15, 0.2) is 29.6 Å². The van der Waals surface area contributed by atoms with Gasteiger partial charge >= 0.3 is 0 Å². The van der Waals surface area contributed by atoms with Crippen LogP contribution in [0.3, 0.4) is 0 Å². The number of thiophene rings is 1. The molecule has 0 spiro atoms. The molecule has 0 radical (unpaired) electrons. The van der Waals surface area contributed by atoms with Crippen LogP contribution in [0.2, 0.25) is 0 Å². The van der Waals surface area contributed by atoms with E-state index < -0.39 is 0 Å². The number of likely N-dealkylation sites (tertiary alicyclic amines) is 1. The van der Waals surface area contributed by atoms with Gasteiger partial charge in [0.05, 0.1) is 17.6 Å². The minimum absolute atomic E-state index is 0.0331. The van der Waals surface area contributed by atoms with Gasteiger partial charge < -0.3 is 9.84 Å². The Kier molecular flexibility index (Phi) is 6.68. The maximum absolute atomic E-state index is 12.9. The first-order chi connectivity index (χ1) is 13.0. The van der Waals surface area contributed by atoms with Gasteiger partial charge in [-0.2, -0.15) is 0 Å². The van der Waals surface area contributed by atoms with Gasteiger partial charge in [0.25, 0.3) is 0 Å². The molecule has 146 valence electrons. The number of benzene rings is 1. The quantitative estimate of drug-likeness (QED) is 0.714. The lowest BCUT2D eigenvalue weighted by molar-refractivity contribution is 0.0815. The SMILES string of the molecule is Cc1ccsc1C(=O)[C@@H]1CCCN(Cc2ccc(OC(C)C)c(CO)c2)C1. The van der Waals surface area contributed by atoms with Crippen molar-refractivity contribution < 1.29 is 14.6 Å². The molecule has 1 N–H and O–H groups in total. The van der Waals surface area contributed by atoms with E-state index in [1.807, 2.05) is 44.4 Å². The van der Waals surface area contributed by atoms with E-state index in [-0.39, 0.29) is 18.6 Å². The number of Topliss-reactive ketones (excluding diaryl/α,β-unsaturated/α-hetero) is 1. The summed E-state index contributed by atoms with van der Waals surface area (Å²) < 4.78 is 5.77. The molecule has 1 aromatic heterocycles. The van der Waals surface area contributed by atoms with E-state index in [2.05, 4.69) is 11.0 Å². The highest BCUT2D eigenvalue weighted by atomic mass is 32.1. The van der Waals surface area contributed by atoms with E-state index in [9.17, 15) is 9.90 Å². The van der Waals surface area contributed by atoms with Crippen molar-refractivity contribution in [3.05, 3.63) is 51.2 Å². The number of hydrogen-bond acceptors (Lipinski definition) is 5. The van der Waals surface area contributed by atoms with Gasteiger partial charge in [-0.05, 0) is 74.9 Å². The van der Waals surface area contributed by atoms with Gasteiger partial charge in [-0.1, -0.05) is 6.07 Å². The second kappa shape index (κ2) is 9.00. The molecule has 5 heteroatoms. The molecule has 0 unspecified atom stereocenters. The standard InChI is InChI=1S/C22H29NO3S/c1-15(2)26-20-7-6-17(11-19(20)14-24)12-23-9-4-5-18(13-23)21(25)22-16(3)8-10-27-22/h6-8,10-11,15,18,24H,4-5,9,12-14H2,1-3H3/t18-/m1/s1. The van der Waals surface area contributed by atoms with E-state index in [0.717, 1.165) is 59.8 Å². The van der Waals surface area contributed by atoms with Gasteiger partial charge in [-0.15, -0.1) is 11.3 Å². The molecule has 1 aliphatic rings. The average molecular weight is 388 g/mol. The third-order valence-corrected chi connectivity index (χ3v) is 6.06. The Morgan fingerprint density at radius 3 is 2.85 bits per heavy atom. The third kappa shape index (κ3) is 4.98. The molecule has 0 amide bonds. The summed E-state index contributed by atoms with van der Waals surface area (Å²) in [6, 6.07) is 8.05. The molecule has 1 fully saturated rings. The van der Waals surface area contributed by atoms with Crippen molar-refractivity contribution in [1.82, 2.24) is 4.90 Å². The van der Waals surface area contributed by atoms with Crippen LogP contribution in [-0.2, 0) is 13.2 Å². The van der Waals surface area contributed by atoms with E-state index >= 15 is 0 Å². The van der Waals surface area contributed by atoms with Crippen LogP contribution < -0.4 is 4.74 Å². The molecule has 0 aliphatic carbocycles. The highest BCUT2D eigenvalue weighted by Crippen LogP contribution is 2.27. The molecule has 0 bridgehead atoms. The number of piperidine rings is 1. The summed E-state index contributed by atoms with van der Waals surface area (Å²) in [5, 5.41) is 11.7. The summed E-state index contributed by atoms with van der Waals surface area (Å²) in [5.41, 5.74) is 3.06. The highest BCUT2D eigenvalue weighted by Gasteiger charge is 2.28. The summed E-state index contributed by atoms with van der Waals surface area (Å²) in [4.78, 5) is 16.1. The zero-order valence-corrected chi connectivity index (χ0v) is 17.2. The van der Waals surface area contributed by atoms with Gasteiger partial charge in [0.15, 0.2) is 5.78 Å². The number of aryl methyl sites for hydroxylation is 1. The number of hydrogen-bond donors (Lipinski definition) is 1. The van der Waals surface area contributed by atoms with Gasteiger partial charge in [-0.25, -0.2) is 0 Å². The summed E-state index contributed by atoms with van der Waals surface area (Å²) in [6.45, 7) is 8.55. The smallest absolute Gasteiger partial charge is 0.177 e. The number of aliphatic hydroxyl groups excluding tert-OH is 1. The Bertz CT molecular complexity index is 784. The molecule has 2 aromatic rings. The largest absolute Gasteiger partial charge is 0.491 e. The molecule has 27 heavy (non-hydrogen) atoms. The van der Waals surface area contributed by atoms with Gasteiger partial charge in [0.1, 0.15) is 5.75 Å². The van der Waals surface area contributed by atoms with Gasteiger partial charge in [-0.3, -0.25) is 9.69 Å². The van der Waals surface area contributed by atoms with Crippen LogP contribution in [0.4, 0.5) is 0 Å². The predicted molar refractivity (Wildman–Crippen MR) is 110 cm³/mol. The fraction of sp³-hybridized carbons (Fsp3) is 0.500. The molecule has 0 saturated carbocycles. The van der Waals surface area contributed by atoms with Crippen molar-refractivity contribution in [2.45, 2.75) is 52.9 Å². The zero-order valence-electron chi connectivity index (χ0n) is 16.4. The van der Waals surface area contributed by atoms with Crippen molar-refractivity contribution in [2.75, 3.05) is 13.1 Å². The minimum Gasteiger partial charge on any atom is -0.491 e. The monoisotopic (exact) mass is 387 g/mol. The lowest BCUT2D eigenvalue weighted by Crippen LogP contribution is -2.38. The normalized spacial score (nSPS) is 18.0. The highest BCUT2D eigenvalue weighted by molar-refractivity contribution is 7.12. The van der Waals surface area contributed by atoms with Crippen LogP contribution in [0.25, 0.3) is 0 Å². The first-order valence-electron chi connectivity index (χ1n) is 9.68. The summed E-state index contributed by atoms with van der Waals surface area (Å²) in [5.74, 6) is 1.12. The fourth-order valence-corrected chi connectivity index (χ4v) is 4.65. The van der Waals surface area contributed by atoms with Crippen LogP contribution in [0, 0.1) is 12.8 Å². The fourth-order valence-electron chi connectivity index (χ4n) is 3.71. The maximum Gasteiger partial charge on any atom is 0.177 e. The second-order valence-electron chi connectivity index (χ2n) is 7.64. The Balaban J connectivity index is 1.67. The van der Waals surface area contributed by atoms with Crippen molar-refractivity contribution in [3.8, 4) is 5.75 Å². The first kappa shape index (κ1) is 20.1. The molecular formula is C22H29NO3S. The number of nitrogens with zero attached hydrogens (tertiary/aromatic N) is 1. The Hall–Kier alpha value is -1.69. The molecule has 2 heterocycles. The summed E-state index contributed by atoms with van der Waals surface area (Å²) >= 11 is 1.56. The number of carbonyl (C=O) groups excluding carboxylic acids is 1. The summed E-state index contributed by atoms with van der Waals surface area (Å²) in [6.07, 6.45) is 2.09. The number of ether oxygens (including phenoxy) is 1. The van der Waals surface area contributed by atoms with Gasteiger partial charge in [0, 0.05) is 24.6 Å². The Labute approximate surface area is 165 Å². The molecule has 3 rings (SSSR count). The van der Waals surface area contributed by atoms with Gasteiger partial charge in [0.2, 0.25) is 0 Å². The van der Waals surface area contributed by atoms with Crippen molar-refractivity contribution in [1.29, 1.82) is 0 Å². The molecule has 1 aliphatic heterocycles. The van der Waals surface area contributed by atoms with E-state index in [1.165, 1.54) is 0 Å². The lowest BCUT2D eigenvalue weighted by Gasteiger charge is -2.32. The maximum atomic E-state index is 12.9. The molecule has 4 nitrogen and oxygen atoms in total. The Morgan fingerprint density at radius 2 is 2.19 bits per heavy atom. The van der Waals surface area contributed by atoms with Crippen molar-refractivity contribution in [3.63, 3.8) is 0 Å². The number of rotatable bonds is 7. The minimum atomic E-state index is -0.0331. The van der Waals surface area contributed by atoms with E-state index in [1.54, 1.807) is 11.3 Å². The van der Waals surface area contributed by atoms with Crippen molar-refractivity contribution >= 4 is 17.1 Å². The predicted octanol–water partition coefficient (Wildman–Crippen LogP) is 4.43. The molecule has 1 saturated heterocycles. The molecule has 1 atom stereocenters. The number of carbonyl (C=O) groups is 1. The van der Waals surface area contributed by atoms with E-state index in [4.69, 9.17) is 4.74 Å². The average Bonchev–Trinajstić information content (AvgIpc) is 3.08. The number of aliphatic hydroxyl groups is 1. The first-order valence-corrected chi connectivity index (χ1v) is 10.6. The van der Waals surface area contributed by atoms with Crippen molar-refractivity contribution in [2.24, 2.45) is 5.92 Å². The van der Waals surface area contributed by atoms with Crippen LogP contribution in [0.5, 0.6) is 5.75 Å². The zero-order chi connectivity index (χ0) is 19.4. The third-order valence-electron chi connectivity index (χ3n) is 5.03. The van der Waals surface area contributed by atoms with E-state index in [0.29, 0.717) is 5.78 Å². The molecule has 1 aromatic carbocycles. The summed E-state index contributed by atoms with van der Waals surface area (Å²) in [7, 11) is 0. The topological polar surface area (TPSA) is 49.8 Å². The van der Waals surface area contributed by atoms with Crippen LogP contribution in [0.1, 0.15) is 53.1 Å². The number of ketones is 1. The second-order valence-corrected chi connectivity index (χ2v) is 8.55. The lowest BCUT2D eigenvalue weighted by atomic mass is 9.91. The molecular weight excluding hydrogens is 358 g/mol. The van der Waals surface area contributed by atoms with Crippen LogP contribution in [-0.4, -0.2) is 35.0 Å². The Morgan fingerprint density at radius 1 is 1.37 bits per heavy atom. The van der Waals surface area contributed by atoms with Crippen LogP contribution >= 0.6 is 11.3 Å².